The second kappa shape index (κ2) is 7.11. The third-order valence-corrected chi connectivity index (χ3v) is 5.98. The van der Waals surface area contributed by atoms with Crippen molar-refractivity contribution in [2.75, 3.05) is 5.75 Å². The number of rotatable bonds is 4. The van der Waals surface area contributed by atoms with Gasteiger partial charge in [-0.1, -0.05) is 48.9 Å². The van der Waals surface area contributed by atoms with Gasteiger partial charge in [0.05, 0.1) is 16.7 Å². The molecule has 3 aromatic rings. The number of fused-ring (bicyclic) bond motifs is 2. The molecule has 26 heavy (non-hydrogen) atoms. The summed E-state index contributed by atoms with van der Waals surface area (Å²) in [5.41, 5.74) is 0.588. The molecule has 134 valence electrons. The first-order chi connectivity index (χ1) is 12.6. The number of nitrogens with zero attached hydrogens (tertiary/aromatic N) is 2. The number of nitrogens with one attached hydrogen (secondary N) is 1. The highest BCUT2D eigenvalue weighted by atomic mass is 32.2. The molecule has 1 aromatic heterocycles. The Hall–Kier alpha value is -2.34. The van der Waals surface area contributed by atoms with E-state index in [0.717, 1.165) is 23.6 Å². The SMILES string of the molecule is Cn1c(SCC(=O)NC2CCCC2)nc2cc3ccccc3cc2c1=O. The van der Waals surface area contributed by atoms with Crippen molar-refractivity contribution < 1.29 is 4.79 Å². The van der Waals surface area contributed by atoms with Crippen molar-refractivity contribution in [1.82, 2.24) is 14.9 Å². The molecule has 1 aliphatic rings. The number of carbonyl (C=O) groups excluding carboxylic acids is 1. The summed E-state index contributed by atoms with van der Waals surface area (Å²) in [5.74, 6) is 0.283. The van der Waals surface area contributed by atoms with Crippen LogP contribution >= 0.6 is 11.8 Å². The molecular formula is C20H21N3O2S. The molecule has 5 nitrogen and oxygen atoms in total. The predicted molar refractivity (Wildman–Crippen MR) is 106 cm³/mol. The van der Waals surface area contributed by atoms with Crippen LogP contribution in [0.2, 0.25) is 0 Å². The maximum atomic E-state index is 12.7. The summed E-state index contributed by atoms with van der Waals surface area (Å²) >= 11 is 1.31. The third kappa shape index (κ3) is 3.33. The number of hydrogen-bond acceptors (Lipinski definition) is 4. The summed E-state index contributed by atoms with van der Waals surface area (Å²) in [6, 6.07) is 12.1. The summed E-state index contributed by atoms with van der Waals surface area (Å²) in [7, 11) is 1.71. The van der Waals surface area contributed by atoms with Crippen molar-refractivity contribution in [2.24, 2.45) is 7.05 Å². The van der Waals surface area contributed by atoms with Gasteiger partial charge in [0.1, 0.15) is 0 Å². The van der Waals surface area contributed by atoms with Gasteiger partial charge >= 0.3 is 0 Å². The van der Waals surface area contributed by atoms with Crippen LogP contribution in [0.3, 0.4) is 0 Å². The van der Waals surface area contributed by atoms with Crippen LogP contribution in [0.25, 0.3) is 21.7 Å². The van der Waals surface area contributed by atoms with E-state index in [0.29, 0.717) is 22.1 Å². The average molecular weight is 367 g/mol. The molecule has 1 heterocycles. The van der Waals surface area contributed by atoms with Gasteiger partial charge in [-0.3, -0.25) is 14.2 Å². The van der Waals surface area contributed by atoms with Gasteiger partial charge < -0.3 is 5.32 Å². The molecule has 0 saturated heterocycles. The van der Waals surface area contributed by atoms with E-state index in [1.807, 2.05) is 36.4 Å². The minimum atomic E-state index is -0.0838. The van der Waals surface area contributed by atoms with E-state index in [1.165, 1.54) is 29.2 Å². The van der Waals surface area contributed by atoms with Gasteiger partial charge in [-0.05, 0) is 35.7 Å². The normalized spacial score (nSPS) is 15.0. The lowest BCUT2D eigenvalue weighted by Gasteiger charge is -2.12. The van der Waals surface area contributed by atoms with E-state index in [-0.39, 0.29) is 17.2 Å². The second-order valence-electron chi connectivity index (χ2n) is 6.81. The quantitative estimate of drug-likeness (QED) is 0.437. The molecule has 6 heteroatoms. The Morgan fingerprint density at radius 2 is 1.92 bits per heavy atom. The molecule has 0 spiro atoms. The monoisotopic (exact) mass is 367 g/mol. The average Bonchev–Trinajstić information content (AvgIpc) is 3.15. The Bertz CT molecular complexity index is 1040. The van der Waals surface area contributed by atoms with Crippen molar-refractivity contribution >= 4 is 39.3 Å². The van der Waals surface area contributed by atoms with Crippen LogP contribution in [0.4, 0.5) is 0 Å². The zero-order valence-corrected chi connectivity index (χ0v) is 15.5. The van der Waals surface area contributed by atoms with E-state index in [4.69, 9.17) is 0 Å². The smallest absolute Gasteiger partial charge is 0.261 e. The van der Waals surface area contributed by atoms with Gasteiger partial charge in [-0.25, -0.2) is 4.98 Å². The van der Waals surface area contributed by atoms with E-state index >= 15 is 0 Å². The maximum Gasteiger partial charge on any atom is 0.261 e. The zero-order chi connectivity index (χ0) is 18.1. The van der Waals surface area contributed by atoms with Crippen LogP contribution in [0.5, 0.6) is 0 Å². The molecule has 2 aromatic carbocycles. The fraction of sp³-hybridized carbons (Fsp3) is 0.350. The van der Waals surface area contributed by atoms with Gasteiger partial charge in [0, 0.05) is 13.1 Å². The maximum absolute atomic E-state index is 12.7. The van der Waals surface area contributed by atoms with E-state index in [1.54, 1.807) is 7.05 Å². The number of hydrogen-bond donors (Lipinski definition) is 1. The first kappa shape index (κ1) is 17.1. The van der Waals surface area contributed by atoms with Gasteiger partial charge in [0.25, 0.3) is 5.56 Å². The minimum absolute atomic E-state index is 0.00903. The topological polar surface area (TPSA) is 64.0 Å². The fourth-order valence-electron chi connectivity index (χ4n) is 3.54. The number of benzene rings is 2. The van der Waals surface area contributed by atoms with Crippen molar-refractivity contribution in [1.29, 1.82) is 0 Å². The van der Waals surface area contributed by atoms with Crippen molar-refractivity contribution in [2.45, 2.75) is 36.9 Å². The molecule has 0 atom stereocenters. The zero-order valence-electron chi connectivity index (χ0n) is 14.7. The van der Waals surface area contributed by atoms with Crippen molar-refractivity contribution in [3.8, 4) is 0 Å². The van der Waals surface area contributed by atoms with E-state index in [2.05, 4.69) is 10.3 Å². The Morgan fingerprint density at radius 1 is 1.23 bits per heavy atom. The Kier molecular flexibility index (Phi) is 4.68. The van der Waals surface area contributed by atoms with E-state index < -0.39 is 0 Å². The molecule has 0 bridgehead atoms. The standard InChI is InChI=1S/C20H21N3O2S/c1-23-19(25)16-10-13-6-2-3-7-14(13)11-17(16)22-20(23)26-12-18(24)21-15-8-4-5-9-15/h2-3,6-7,10-11,15H,4-5,8-9,12H2,1H3,(H,21,24). The molecule has 1 aliphatic carbocycles. The first-order valence-corrected chi connectivity index (χ1v) is 9.92. The Labute approximate surface area is 155 Å². The van der Waals surface area contributed by atoms with Crippen molar-refractivity contribution in [3.05, 3.63) is 46.8 Å². The van der Waals surface area contributed by atoms with Crippen LogP contribution in [0.15, 0.2) is 46.3 Å². The molecule has 0 aliphatic heterocycles. The van der Waals surface area contributed by atoms with Crippen LogP contribution in [0, 0.1) is 0 Å². The number of carbonyl (C=O) groups is 1. The third-order valence-electron chi connectivity index (χ3n) is 4.95. The molecule has 4 rings (SSSR count). The molecule has 1 fully saturated rings. The molecular weight excluding hydrogens is 346 g/mol. The molecule has 0 radical (unpaired) electrons. The Morgan fingerprint density at radius 3 is 2.65 bits per heavy atom. The number of aromatic nitrogens is 2. The number of amides is 1. The molecule has 0 unspecified atom stereocenters. The fourth-order valence-corrected chi connectivity index (χ4v) is 4.32. The highest BCUT2D eigenvalue weighted by Gasteiger charge is 2.18. The summed E-state index contributed by atoms with van der Waals surface area (Å²) in [6.45, 7) is 0. The summed E-state index contributed by atoms with van der Waals surface area (Å²) in [5, 5.41) is 6.32. The predicted octanol–water partition coefficient (Wildman–Crippen LogP) is 3.24. The lowest BCUT2D eigenvalue weighted by atomic mass is 10.1. The first-order valence-electron chi connectivity index (χ1n) is 8.93. The molecule has 1 N–H and O–H groups in total. The lowest BCUT2D eigenvalue weighted by Crippen LogP contribution is -2.34. The van der Waals surface area contributed by atoms with E-state index in [9.17, 15) is 9.59 Å². The van der Waals surface area contributed by atoms with Gasteiger partial charge in [0.15, 0.2) is 5.16 Å². The number of thioether (sulfide) groups is 1. The highest BCUT2D eigenvalue weighted by Crippen LogP contribution is 2.22. The van der Waals surface area contributed by atoms with Crippen LogP contribution in [-0.4, -0.2) is 27.3 Å². The summed E-state index contributed by atoms with van der Waals surface area (Å²) < 4.78 is 1.53. The molecule has 1 saturated carbocycles. The highest BCUT2D eigenvalue weighted by molar-refractivity contribution is 7.99. The van der Waals surface area contributed by atoms with Crippen LogP contribution < -0.4 is 10.9 Å². The van der Waals surface area contributed by atoms with Crippen molar-refractivity contribution in [3.63, 3.8) is 0 Å². The molecule has 1 amide bonds. The van der Waals surface area contributed by atoms with Gasteiger partial charge in [0.2, 0.25) is 5.91 Å². The summed E-state index contributed by atoms with van der Waals surface area (Å²) in [4.78, 5) is 29.5. The van der Waals surface area contributed by atoms with Gasteiger partial charge in [-0.2, -0.15) is 0 Å². The summed E-state index contributed by atoms with van der Waals surface area (Å²) in [6.07, 6.45) is 4.51. The van der Waals surface area contributed by atoms with Gasteiger partial charge in [-0.15, -0.1) is 0 Å². The minimum Gasteiger partial charge on any atom is -0.353 e. The van der Waals surface area contributed by atoms with Crippen LogP contribution in [-0.2, 0) is 11.8 Å². The largest absolute Gasteiger partial charge is 0.353 e. The lowest BCUT2D eigenvalue weighted by molar-refractivity contribution is -0.119. The van der Waals surface area contributed by atoms with Crippen LogP contribution in [0.1, 0.15) is 25.7 Å². The second-order valence-corrected chi connectivity index (χ2v) is 7.76. The Balaban J connectivity index is 1.60.